The number of carbonyl (C=O) groups excluding carboxylic acids is 1. The maximum absolute atomic E-state index is 11.9. The first-order chi connectivity index (χ1) is 7.45. The van der Waals surface area contributed by atoms with Crippen LogP contribution in [0.2, 0.25) is 0 Å². The van der Waals surface area contributed by atoms with Crippen LogP contribution in [0.4, 0.5) is 0 Å². The van der Waals surface area contributed by atoms with Crippen LogP contribution < -0.4 is 0 Å². The second kappa shape index (κ2) is 5.77. The predicted molar refractivity (Wildman–Crippen MR) is 62.1 cm³/mol. The van der Waals surface area contributed by atoms with Gasteiger partial charge in [0.25, 0.3) is 0 Å². The lowest BCUT2D eigenvalue weighted by Crippen LogP contribution is -2.33. The zero-order valence-electron chi connectivity index (χ0n) is 9.94. The Kier molecular flexibility index (Phi) is 4.92. The van der Waals surface area contributed by atoms with Crippen molar-refractivity contribution in [3.05, 3.63) is 0 Å². The summed E-state index contributed by atoms with van der Waals surface area (Å²) < 4.78 is 28.5. The molecule has 1 saturated carbocycles. The van der Waals surface area contributed by atoms with E-state index in [0.717, 1.165) is 12.8 Å². The molecule has 1 aliphatic rings. The van der Waals surface area contributed by atoms with Crippen molar-refractivity contribution >= 4 is 15.6 Å². The van der Waals surface area contributed by atoms with Crippen molar-refractivity contribution in [3.63, 3.8) is 0 Å². The molecule has 0 aromatic carbocycles. The zero-order valence-corrected chi connectivity index (χ0v) is 10.8. The Bertz CT molecular complexity index is 334. The largest absolute Gasteiger partial charge is 0.377 e. The van der Waals surface area contributed by atoms with E-state index in [1.165, 1.54) is 7.11 Å². The molecule has 0 heterocycles. The van der Waals surface area contributed by atoms with Gasteiger partial charge in [-0.25, -0.2) is 8.42 Å². The lowest BCUT2D eigenvalue weighted by atomic mass is 9.91. The van der Waals surface area contributed by atoms with Crippen LogP contribution in [0.25, 0.3) is 0 Å². The first kappa shape index (κ1) is 13.6. The summed E-state index contributed by atoms with van der Waals surface area (Å²) in [5.41, 5.74) is 0. The monoisotopic (exact) mass is 248 g/mol. The number of hydrogen-bond donors (Lipinski definition) is 0. The van der Waals surface area contributed by atoms with Crippen molar-refractivity contribution in [3.8, 4) is 0 Å². The molecular weight excluding hydrogens is 228 g/mol. The van der Waals surface area contributed by atoms with Gasteiger partial charge in [0.15, 0.2) is 15.6 Å². The molecule has 0 radical (unpaired) electrons. The summed E-state index contributed by atoms with van der Waals surface area (Å²) in [4.78, 5) is 11.3. The predicted octanol–water partition coefficient (Wildman–Crippen LogP) is 1.20. The number of methoxy groups -OCH3 is 1. The van der Waals surface area contributed by atoms with Crippen LogP contribution >= 0.6 is 0 Å². The van der Waals surface area contributed by atoms with E-state index in [1.807, 2.05) is 0 Å². The number of ketones is 1. The third-order valence-electron chi connectivity index (χ3n) is 3.06. The Labute approximate surface area is 97.3 Å². The second-order valence-electron chi connectivity index (χ2n) is 4.67. The molecule has 0 aliphatic heterocycles. The molecule has 94 valence electrons. The summed E-state index contributed by atoms with van der Waals surface area (Å²) in [6.45, 7) is 1.96. The van der Waals surface area contributed by atoms with Gasteiger partial charge in [-0.3, -0.25) is 4.79 Å². The average Bonchev–Trinajstić information content (AvgIpc) is 2.17. The van der Waals surface area contributed by atoms with Gasteiger partial charge in [0.05, 0.1) is 5.25 Å². The van der Waals surface area contributed by atoms with Gasteiger partial charge in [-0.05, 0) is 18.8 Å². The Hall–Kier alpha value is -0.420. The van der Waals surface area contributed by atoms with Crippen molar-refractivity contribution in [2.24, 2.45) is 5.92 Å². The highest BCUT2D eigenvalue weighted by Gasteiger charge is 2.31. The molecule has 16 heavy (non-hydrogen) atoms. The van der Waals surface area contributed by atoms with Gasteiger partial charge in [0.2, 0.25) is 0 Å². The highest BCUT2D eigenvalue weighted by molar-refractivity contribution is 7.92. The van der Waals surface area contributed by atoms with E-state index < -0.39 is 9.84 Å². The lowest BCUT2D eigenvalue weighted by molar-refractivity contribution is -0.120. The maximum Gasteiger partial charge on any atom is 0.173 e. The third-order valence-corrected chi connectivity index (χ3v) is 5.23. The summed E-state index contributed by atoms with van der Waals surface area (Å²) in [6.07, 6.45) is 3.44. The highest BCUT2D eigenvalue weighted by atomic mass is 32.2. The van der Waals surface area contributed by atoms with E-state index in [1.54, 1.807) is 0 Å². The number of rotatable bonds is 5. The smallest absolute Gasteiger partial charge is 0.173 e. The molecule has 4 nitrogen and oxygen atoms in total. The Morgan fingerprint density at radius 3 is 2.62 bits per heavy atom. The number of Topliss-reactive ketones (excluding diaryl/α,β-unsaturated/α-hetero) is 1. The molecule has 1 fully saturated rings. The van der Waals surface area contributed by atoms with Crippen LogP contribution in [0.15, 0.2) is 0 Å². The molecule has 2 unspecified atom stereocenters. The molecular formula is C11H20O4S. The van der Waals surface area contributed by atoms with E-state index >= 15 is 0 Å². The van der Waals surface area contributed by atoms with Crippen LogP contribution in [0.1, 0.15) is 32.6 Å². The van der Waals surface area contributed by atoms with Gasteiger partial charge in [-0.1, -0.05) is 19.8 Å². The number of ether oxygens (including phenoxy) is 1. The van der Waals surface area contributed by atoms with E-state index in [0.29, 0.717) is 18.8 Å². The van der Waals surface area contributed by atoms with Gasteiger partial charge >= 0.3 is 0 Å². The minimum Gasteiger partial charge on any atom is -0.377 e. The maximum atomic E-state index is 11.9. The van der Waals surface area contributed by atoms with Crippen LogP contribution in [0, 0.1) is 5.92 Å². The standard InChI is InChI=1S/C11H20O4S/c1-9-4-3-5-11(6-9)16(13,14)8-10(12)7-15-2/h9,11H,3-8H2,1-2H3. The van der Waals surface area contributed by atoms with Crippen molar-refractivity contribution in [1.29, 1.82) is 0 Å². The molecule has 0 aromatic heterocycles. The molecule has 0 saturated heterocycles. The topological polar surface area (TPSA) is 60.4 Å². The number of carbonyl (C=O) groups is 1. The summed E-state index contributed by atoms with van der Waals surface area (Å²) in [5.74, 6) is -0.259. The van der Waals surface area contributed by atoms with Crippen molar-refractivity contribution in [1.82, 2.24) is 0 Å². The van der Waals surface area contributed by atoms with Crippen LogP contribution in [0.3, 0.4) is 0 Å². The summed E-state index contributed by atoms with van der Waals surface area (Å²) in [5, 5.41) is -0.322. The summed E-state index contributed by atoms with van der Waals surface area (Å²) in [6, 6.07) is 0. The van der Waals surface area contributed by atoms with Gasteiger partial charge in [0, 0.05) is 7.11 Å². The minimum atomic E-state index is -3.27. The molecule has 0 spiro atoms. The molecule has 0 bridgehead atoms. The fraction of sp³-hybridized carbons (Fsp3) is 0.909. The van der Waals surface area contributed by atoms with Crippen molar-refractivity contribution in [2.45, 2.75) is 37.9 Å². The quantitative estimate of drug-likeness (QED) is 0.733. The van der Waals surface area contributed by atoms with Gasteiger partial charge in [-0.2, -0.15) is 0 Å². The van der Waals surface area contributed by atoms with Gasteiger partial charge in [-0.15, -0.1) is 0 Å². The normalized spacial score (nSPS) is 26.6. The minimum absolute atomic E-state index is 0.110. The molecule has 1 aliphatic carbocycles. The third kappa shape index (κ3) is 3.87. The van der Waals surface area contributed by atoms with Crippen LogP contribution in [-0.4, -0.2) is 38.9 Å². The van der Waals surface area contributed by atoms with E-state index in [9.17, 15) is 13.2 Å². The molecule has 0 N–H and O–H groups in total. The summed E-state index contributed by atoms with van der Waals surface area (Å²) >= 11 is 0. The van der Waals surface area contributed by atoms with Crippen molar-refractivity contribution in [2.75, 3.05) is 19.5 Å². The van der Waals surface area contributed by atoms with Gasteiger partial charge in [0.1, 0.15) is 12.4 Å². The molecule has 1 rings (SSSR count). The fourth-order valence-electron chi connectivity index (χ4n) is 2.25. The SMILES string of the molecule is COCC(=O)CS(=O)(=O)C1CCCC(C)C1. The number of sulfone groups is 1. The van der Waals surface area contributed by atoms with Gasteiger partial charge < -0.3 is 4.74 Å². The Morgan fingerprint density at radius 1 is 1.38 bits per heavy atom. The first-order valence-corrected chi connectivity index (χ1v) is 7.39. The molecule has 5 heteroatoms. The fourth-order valence-corrected chi connectivity index (χ4v) is 4.16. The lowest BCUT2D eigenvalue weighted by Gasteiger charge is -2.26. The number of hydrogen-bond acceptors (Lipinski definition) is 4. The van der Waals surface area contributed by atoms with Crippen LogP contribution in [-0.2, 0) is 19.4 Å². The Balaban J connectivity index is 2.59. The molecule has 0 aromatic rings. The Morgan fingerprint density at radius 2 is 2.06 bits per heavy atom. The van der Waals surface area contributed by atoms with E-state index in [-0.39, 0.29) is 23.4 Å². The zero-order chi connectivity index (χ0) is 12.2. The summed E-state index contributed by atoms with van der Waals surface area (Å²) in [7, 11) is -1.87. The average molecular weight is 248 g/mol. The second-order valence-corrected chi connectivity index (χ2v) is 6.95. The van der Waals surface area contributed by atoms with E-state index in [2.05, 4.69) is 11.7 Å². The van der Waals surface area contributed by atoms with E-state index in [4.69, 9.17) is 0 Å². The molecule has 0 amide bonds. The van der Waals surface area contributed by atoms with Crippen molar-refractivity contribution < 1.29 is 17.9 Å². The first-order valence-electron chi connectivity index (χ1n) is 5.68. The van der Waals surface area contributed by atoms with Crippen LogP contribution in [0.5, 0.6) is 0 Å². The molecule has 2 atom stereocenters. The highest BCUT2D eigenvalue weighted by Crippen LogP contribution is 2.28.